The van der Waals surface area contributed by atoms with Gasteiger partial charge < -0.3 is 4.74 Å². The third kappa shape index (κ3) is 5.59. The number of hydrogen-bond donors (Lipinski definition) is 0. The summed E-state index contributed by atoms with van der Waals surface area (Å²) in [6.45, 7) is 6.90. The maximum atomic E-state index is 11.9. The molecule has 18 heavy (non-hydrogen) atoms. The van der Waals surface area contributed by atoms with Crippen molar-refractivity contribution in [2.45, 2.75) is 40.2 Å². The van der Waals surface area contributed by atoms with E-state index in [9.17, 15) is 18.0 Å². The highest BCUT2D eigenvalue weighted by atomic mass is 32.2. The van der Waals surface area contributed by atoms with Gasteiger partial charge in [0.25, 0.3) is 10.1 Å². The van der Waals surface area contributed by atoms with Crippen molar-refractivity contribution >= 4 is 21.9 Å². The van der Waals surface area contributed by atoms with Crippen LogP contribution in [-0.2, 0) is 28.6 Å². The maximum Gasteiger partial charge on any atom is 0.322 e. The van der Waals surface area contributed by atoms with Gasteiger partial charge in [-0.25, -0.2) is 0 Å². The summed E-state index contributed by atoms with van der Waals surface area (Å²) in [5.74, 6) is -1.31. The van der Waals surface area contributed by atoms with Crippen LogP contribution in [0.25, 0.3) is 0 Å². The minimum Gasteiger partial charge on any atom is -0.459 e. The lowest BCUT2D eigenvalue weighted by Gasteiger charge is -2.28. The molecule has 0 aromatic rings. The molecule has 6 nitrogen and oxygen atoms in total. The molecular weight excluding hydrogens is 260 g/mol. The second kappa shape index (κ2) is 5.36. The zero-order chi connectivity index (χ0) is 14.8. The Morgan fingerprint density at radius 1 is 1.11 bits per heavy atom. The van der Waals surface area contributed by atoms with Crippen molar-refractivity contribution in [3.05, 3.63) is 0 Å². The highest BCUT2D eigenvalue weighted by Gasteiger charge is 2.43. The summed E-state index contributed by atoms with van der Waals surface area (Å²) < 4.78 is 31.5. The van der Waals surface area contributed by atoms with E-state index in [0.29, 0.717) is 0 Å². The van der Waals surface area contributed by atoms with E-state index >= 15 is 0 Å². The maximum absolute atomic E-state index is 11.9. The molecule has 0 fully saturated rings. The van der Waals surface area contributed by atoms with Gasteiger partial charge in [-0.3, -0.25) is 13.8 Å². The van der Waals surface area contributed by atoms with Crippen molar-refractivity contribution in [2.75, 3.05) is 12.9 Å². The summed E-state index contributed by atoms with van der Waals surface area (Å²) >= 11 is 0. The fourth-order valence-electron chi connectivity index (χ4n) is 0.920. The quantitative estimate of drug-likeness (QED) is 0.422. The number of rotatable bonds is 5. The number of esters is 1. The van der Waals surface area contributed by atoms with E-state index in [1.807, 2.05) is 0 Å². The molecule has 0 aromatic carbocycles. The van der Waals surface area contributed by atoms with Crippen LogP contribution in [0.4, 0.5) is 0 Å². The standard InChI is InChI=1S/C11H20O6S/c1-8(12)11(5,7-16-18(6,14)15)9(13)17-10(2,3)4/h7H2,1-6H3. The Bertz CT molecular complexity index is 431. The first-order valence-electron chi connectivity index (χ1n) is 5.37. The van der Waals surface area contributed by atoms with Gasteiger partial charge in [-0.1, -0.05) is 0 Å². The van der Waals surface area contributed by atoms with Crippen molar-refractivity contribution in [1.29, 1.82) is 0 Å². The summed E-state index contributed by atoms with van der Waals surface area (Å²) in [7, 11) is -3.73. The SMILES string of the molecule is CC(=O)C(C)(COS(C)(=O)=O)C(=O)OC(C)(C)C. The molecule has 0 aliphatic carbocycles. The molecule has 7 heteroatoms. The van der Waals surface area contributed by atoms with Gasteiger partial charge in [0.15, 0.2) is 0 Å². The van der Waals surface area contributed by atoms with Gasteiger partial charge in [0, 0.05) is 0 Å². The van der Waals surface area contributed by atoms with Gasteiger partial charge in [-0.15, -0.1) is 0 Å². The Balaban J connectivity index is 5.05. The van der Waals surface area contributed by atoms with Gasteiger partial charge in [0.1, 0.15) is 16.8 Å². The van der Waals surface area contributed by atoms with Crippen LogP contribution in [-0.4, -0.2) is 38.6 Å². The fourth-order valence-corrected chi connectivity index (χ4v) is 1.37. The van der Waals surface area contributed by atoms with Crippen LogP contribution < -0.4 is 0 Å². The van der Waals surface area contributed by atoms with Crippen molar-refractivity contribution in [3.8, 4) is 0 Å². The van der Waals surface area contributed by atoms with Crippen LogP contribution >= 0.6 is 0 Å². The van der Waals surface area contributed by atoms with Crippen LogP contribution in [0.5, 0.6) is 0 Å². The number of ketones is 1. The normalized spacial score (nSPS) is 15.9. The second-order valence-corrected chi connectivity index (χ2v) is 7.00. The van der Waals surface area contributed by atoms with E-state index in [1.165, 1.54) is 13.8 Å². The van der Waals surface area contributed by atoms with Gasteiger partial charge >= 0.3 is 5.97 Å². The molecule has 0 N–H and O–H groups in total. The molecule has 106 valence electrons. The Morgan fingerprint density at radius 3 is 1.83 bits per heavy atom. The zero-order valence-electron chi connectivity index (χ0n) is 11.6. The van der Waals surface area contributed by atoms with Crippen LogP contribution in [0.2, 0.25) is 0 Å². The number of hydrogen-bond acceptors (Lipinski definition) is 6. The first-order valence-corrected chi connectivity index (χ1v) is 7.18. The first-order chi connectivity index (χ1) is 7.78. The molecule has 0 aliphatic rings. The van der Waals surface area contributed by atoms with E-state index in [4.69, 9.17) is 4.74 Å². The Morgan fingerprint density at radius 2 is 1.56 bits per heavy atom. The van der Waals surface area contributed by atoms with Crippen LogP contribution in [0.1, 0.15) is 34.6 Å². The largest absolute Gasteiger partial charge is 0.459 e. The summed E-state index contributed by atoms with van der Waals surface area (Å²) in [5, 5.41) is 0. The molecule has 1 atom stereocenters. The number of ether oxygens (including phenoxy) is 1. The van der Waals surface area contributed by atoms with Crippen molar-refractivity contribution in [1.82, 2.24) is 0 Å². The van der Waals surface area contributed by atoms with Crippen molar-refractivity contribution in [3.63, 3.8) is 0 Å². The third-order valence-electron chi connectivity index (χ3n) is 2.19. The fraction of sp³-hybridized carbons (Fsp3) is 0.818. The van der Waals surface area contributed by atoms with Gasteiger partial charge in [-0.05, 0) is 34.6 Å². The van der Waals surface area contributed by atoms with E-state index < -0.39 is 39.5 Å². The van der Waals surface area contributed by atoms with Gasteiger partial charge in [0.2, 0.25) is 0 Å². The monoisotopic (exact) mass is 280 g/mol. The van der Waals surface area contributed by atoms with E-state index in [2.05, 4.69) is 4.18 Å². The second-order valence-electron chi connectivity index (χ2n) is 5.36. The summed E-state index contributed by atoms with van der Waals surface area (Å²) in [5.41, 5.74) is -2.39. The predicted octanol–water partition coefficient (Wildman–Crippen LogP) is 0.900. The molecule has 0 spiro atoms. The van der Waals surface area contributed by atoms with Crippen LogP contribution in [0, 0.1) is 5.41 Å². The summed E-state index contributed by atoms with van der Waals surface area (Å²) in [4.78, 5) is 23.5. The van der Waals surface area contributed by atoms with E-state index in [0.717, 1.165) is 6.26 Å². The van der Waals surface area contributed by atoms with Crippen molar-refractivity contribution in [2.24, 2.45) is 5.41 Å². The molecule has 0 radical (unpaired) electrons. The molecule has 0 aromatic heterocycles. The molecule has 0 saturated carbocycles. The highest BCUT2D eigenvalue weighted by Crippen LogP contribution is 2.24. The zero-order valence-corrected chi connectivity index (χ0v) is 12.4. The smallest absolute Gasteiger partial charge is 0.322 e. The minimum atomic E-state index is -3.73. The minimum absolute atomic E-state index is 0.514. The van der Waals surface area contributed by atoms with E-state index in [1.54, 1.807) is 20.8 Å². The van der Waals surface area contributed by atoms with Gasteiger partial charge in [-0.2, -0.15) is 8.42 Å². The van der Waals surface area contributed by atoms with Crippen LogP contribution in [0.15, 0.2) is 0 Å². The van der Waals surface area contributed by atoms with E-state index in [-0.39, 0.29) is 0 Å². The average molecular weight is 280 g/mol. The molecule has 0 amide bonds. The van der Waals surface area contributed by atoms with Gasteiger partial charge in [0.05, 0.1) is 12.9 Å². The molecule has 1 unspecified atom stereocenters. The summed E-state index contributed by atoms with van der Waals surface area (Å²) in [6, 6.07) is 0. The topological polar surface area (TPSA) is 86.7 Å². The lowest BCUT2D eigenvalue weighted by atomic mass is 9.87. The third-order valence-corrected chi connectivity index (χ3v) is 2.73. The molecular formula is C11H20O6S. The van der Waals surface area contributed by atoms with Crippen molar-refractivity contribution < 1.29 is 26.9 Å². The summed E-state index contributed by atoms with van der Waals surface area (Å²) in [6.07, 6.45) is 0.850. The predicted molar refractivity (Wildman–Crippen MR) is 65.4 cm³/mol. The lowest BCUT2D eigenvalue weighted by molar-refractivity contribution is -0.170. The molecule has 0 heterocycles. The average Bonchev–Trinajstić information content (AvgIpc) is 2.09. The molecule has 0 saturated heterocycles. The Kier molecular flexibility index (Phi) is 5.07. The molecule has 0 bridgehead atoms. The number of carbonyl (C=O) groups is 2. The first kappa shape index (κ1) is 17.1. The Labute approximate surface area is 108 Å². The number of carbonyl (C=O) groups excluding carboxylic acids is 2. The highest BCUT2D eigenvalue weighted by molar-refractivity contribution is 7.85. The number of Topliss-reactive ketones (excluding diaryl/α,β-unsaturated/α-hetero) is 1. The molecule has 0 rings (SSSR count). The Hall–Kier alpha value is -0.950. The molecule has 0 aliphatic heterocycles. The lowest BCUT2D eigenvalue weighted by Crippen LogP contribution is -2.44. The van der Waals surface area contributed by atoms with Crippen LogP contribution in [0.3, 0.4) is 0 Å².